The molecule has 1 aliphatic rings. The Balaban J connectivity index is 1.96. The van der Waals surface area contributed by atoms with Gasteiger partial charge in [0.2, 0.25) is 0 Å². The molecule has 2 unspecified atom stereocenters. The fourth-order valence-corrected chi connectivity index (χ4v) is 4.55. The predicted octanol–water partition coefficient (Wildman–Crippen LogP) is 4.99. The van der Waals surface area contributed by atoms with E-state index in [1.807, 2.05) is 6.92 Å². The van der Waals surface area contributed by atoms with E-state index in [2.05, 4.69) is 12.2 Å². The van der Waals surface area contributed by atoms with Crippen LogP contribution in [0.4, 0.5) is 0 Å². The van der Waals surface area contributed by atoms with Crippen LogP contribution in [0.5, 0.6) is 0 Å². The van der Waals surface area contributed by atoms with Gasteiger partial charge in [-0.15, -0.1) is 0 Å². The number of carbonyl (C=O) groups is 1. The summed E-state index contributed by atoms with van der Waals surface area (Å²) in [5, 5.41) is 33.2. The minimum absolute atomic E-state index is 0.388. The van der Waals surface area contributed by atoms with Crippen LogP contribution in [0.1, 0.15) is 129 Å². The van der Waals surface area contributed by atoms with E-state index in [0.717, 1.165) is 32.1 Å². The molecule has 1 amide bonds. The van der Waals surface area contributed by atoms with Gasteiger partial charge in [0.05, 0.1) is 0 Å². The topological polar surface area (TPSA) is 108 Å². The van der Waals surface area contributed by atoms with Crippen LogP contribution >= 0.6 is 0 Å². The van der Waals surface area contributed by atoms with E-state index >= 15 is 0 Å². The maximum atomic E-state index is 12.2. The minimum atomic E-state index is -1.54. The molecule has 0 spiro atoms. The van der Waals surface area contributed by atoms with Gasteiger partial charge in [0.1, 0.15) is 18.3 Å². The van der Waals surface area contributed by atoms with Crippen molar-refractivity contribution in [1.82, 2.24) is 5.32 Å². The molecule has 1 rings (SSSR count). The molecular weight excluding hydrogens is 446 g/mol. The maximum absolute atomic E-state index is 12.2. The van der Waals surface area contributed by atoms with Gasteiger partial charge in [0.25, 0.3) is 5.91 Å². The zero-order chi connectivity index (χ0) is 25.7. The number of amides is 1. The summed E-state index contributed by atoms with van der Waals surface area (Å²) in [6.07, 6.45) is 16.1. The molecule has 208 valence electrons. The Bertz CT molecular complexity index is 506. The molecule has 0 radical (unpaired) electrons. The van der Waals surface area contributed by atoms with Crippen LogP contribution in [0.15, 0.2) is 0 Å². The molecule has 35 heavy (non-hydrogen) atoms. The first-order valence-corrected chi connectivity index (χ1v) is 14.6. The summed E-state index contributed by atoms with van der Waals surface area (Å²) in [7, 11) is 0. The molecule has 7 heteroatoms. The van der Waals surface area contributed by atoms with Crippen molar-refractivity contribution in [1.29, 1.82) is 0 Å². The molecule has 1 aliphatic heterocycles. The van der Waals surface area contributed by atoms with E-state index in [1.54, 1.807) is 0 Å². The van der Waals surface area contributed by atoms with E-state index in [9.17, 15) is 20.1 Å². The van der Waals surface area contributed by atoms with E-state index in [0.29, 0.717) is 13.2 Å². The first-order valence-electron chi connectivity index (χ1n) is 14.6. The number of nitrogens with one attached hydrogen (secondary N) is 1. The second-order valence-corrected chi connectivity index (χ2v) is 10.2. The van der Waals surface area contributed by atoms with Crippen LogP contribution in [-0.2, 0) is 14.3 Å². The first-order chi connectivity index (χ1) is 17.0. The van der Waals surface area contributed by atoms with Crippen LogP contribution in [0.2, 0.25) is 0 Å². The number of hydrogen-bond donors (Lipinski definition) is 4. The highest BCUT2D eigenvalue weighted by Gasteiger charge is 2.48. The Kier molecular flexibility index (Phi) is 19.7. The molecule has 5 atom stereocenters. The average molecular weight is 502 g/mol. The van der Waals surface area contributed by atoms with Gasteiger partial charge in [-0.1, -0.05) is 117 Å². The van der Waals surface area contributed by atoms with Crippen molar-refractivity contribution in [3.63, 3.8) is 0 Å². The zero-order valence-electron chi connectivity index (χ0n) is 22.6. The van der Waals surface area contributed by atoms with Crippen molar-refractivity contribution >= 4 is 5.91 Å². The lowest BCUT2D eigenvalue weighted by Gasteiger charge is -2.20. The van der Waals surface area contributed by atoms with Gasteiger partial charge in [-0.25, -0.2) is 0 Å². The summed E-state index contributed by atoms with van der Waals surface area (Å²) in [4.78, 5) is 12.2. The second-order valence-electron chi connectivity index (χ2n) is 10.2. The van der Waals surface area contributed by atoms with Gasteiger partial charge in [0.15, 0.2) is 12.4 Å². The van der Waals surface area contributed by atoms with Gasteiger partial charge in [-0.2, -0.15) is 0 Å². The largest absolute Gasteiger partial charge is 0.387 e. The highest BCUT2D eigenvalue weighted by molar-refractivity contribution is 5.81. The van der Waals surface area contributed by atoms with E-state index in [4.69, 9.17) is 9.47 Å². The van der Waals surface area contributed by atoms with Crippen molar-refractivity contribution in [2.75, 3.05) is 13.2 Å². The van der Waals surface area contributed by atoms with Crippen LogP contribution in [0.3, 0.4) is 0 Å². The molecule has 0 aromatic rings. The smallest absolute Gasteiger partial charge is 0.251 e. The number of rotatable bonds is 23. The SMILES string of the molecule is CCCCCCCCCCCCCCCCCCNC(=O)C(O)[C@H]1O[C@@H](OCCCC)[C@H](O)C1O. The standard InChI is InChI=1S/C28H55NO6/c1-3-5-7-8-9-10-11-12-13-14-15-16-17-18-19-20-21-29-27(33)25(32)26-23(30)24(31)28(35-26)34-22-6-4-2/h23-26,28,30-32H,3-22H2,1-2H3,(H,29,33)/t23?,24-,25?,26+,28-/m1/s1. The van der Waals surface area contributed by atoms with Crippen LogP contribution in [0.25, 0.3) is 0 Å². The summed E-state index contributed by atoms with van der Waals surface area (Å²) in [5.41, 5.74) is 0. The number of carbonyl (C=O) groups excluding carboxylic acids is 1. The maximum Gasteiger partial charge on any atom is 0.251 e. The molecule has 1 heterocycles. The third kappa shape index (κ3) is 14.6. The number of aliphatic hydroxyl groups is 3. The predicted molar refractivity (Wildman–Crippen MR) is 140 cm³/mol. The molecule has 1 fully saturated rings. The summed E-state index contributed by atoms with van der Waals surface area (Å²) in [6, 6.07) is 0. The minimum Gasteiger partial charge on any atom is -0.387 e. The van der Waals surface area contributed by atoms with Crippen molar-refractivity contribution < 1.29 is 29.6 Å². The molecular formula is C28H55NO6. The Morgan fingerprint density at radius 3 is 1.69 bits per heavy atom. The summed E-state index contributed by atoms with van der Waals surface area (Å²) in [6.45, 7) is 5.15. The fourth-order valence-electron chi connectivity index (χ4n) is 4.55. The molecule has 0 bridgehead atoms. The summed E-state index contributed by atoms with van der Waals surface area (Å²) in [5.74, 6) is -0.587. The Morgan fingerprint density at radius 2 is 1.20 bits per heavy atom. The molecule has 7 nitrogen and oxygen atoms in total. The molecule has 1 saturated heterocycles. The van der Waals surface area contributed by atoms with E-state index in [-0.39, 0.29) is 0 Å². The second kappa shape index (κ2) is 21.4. The normalized spacial score (nSPS) is 23.0. The molecule has 0 aliphatic carbocycles. The summed E-state index contributed by atoms with van der Waals surface area (Å²) < 4.78 is 10.8. The lowest BCUT2D eigenvalue weighted by atomic mass is 10.0. The van der Waals surface area contributed by atoms with Crippen LogP contribution in [-0.4, -0.2) is 65.1 Å². The van der Waals surface area contributed by atoms with Gasteiger partial charge >= 0.3 is 0 Å². The highest BCUT2D eigenvalue weighted by atomic mass is 16.7. The van der Waals surface area contributed by atoms with Gasteiger partial charge in [-0.3, -0.25) is 4.79 Å². The monoisotopic (exact) mass is 501 g/mol. The first kappa shape index (κ1) is 32.3. The van der Waals surface area contributed by atoms with Crippen LogP contribution in [0, 0.1) is 0 Å². The zero-order valence-corrected chi connectivity index (χ0v) is 22.6. The Hall–Kier alpha value is -0.730. The van der Waals surface area contributed by atoms with E-state index in [1.165, 1.54) is 83.5 Å². The Labute approximate surface area is 214 Å². The third-order valence-electron chi connectivity index (χ3n) is 6.95. The van der Waals surface area contributed by atoms with Crippen molar-refractivity contribution in [3.8, 4) is 0 Å². The fraction of sp³-hybridized carbons (Fsp3) is 0.964. The lowest BCUT2D eigenvalue weighted by molar-refractivity contribution is -0.181. The number of aliphatic hydroxyl groups excluding tert-OH is 3. The lowest BCUT2D eigenvalue weighted by Crippen LogP contribution is -2.47. The molecule has 0 aromatic heterocycles. The van der Waals surface area contributed by atoms with E-state index < -0.39 is 36.6 Å². The average Bonchev–Trinajstić information content (AvgIpc) is 3.14. The van der Waals surface area contributed by atoms with Gasteiger partial charge < -0.3 is 30.1 Å². The molecule has 0 saturated carbocycles. The number of hydrogen-bond acceptors (Lipinski definition) is 6. The van der Waals surface area contributed by atoms with Crippen molar-refractivity contribution in [3.05, 3.63) is 0 Å². The quantitative estimate of drug-likeness (QED) is 0.147. The molecule has 4 N–H and O–H groups in total. The van der Waals surface area contributed by atoms with Crippen LogP contribution < -0.4 is 5.32 Å². The number of unbranched alkanes of at least 4 members (excludes halogenated alkanes) is 16. The highest BCUT2D eigenvalue weighted by Crippen LogP contribution is 2.25. The third-order valence-corrected chi connectivity index (χ3v) is 6.95. The Morgan fingerprint density at radius 1 is 0.743 bits per heavy atom. The van der Waals surface area contributed by atoms with Gasteiger partial charge in [0, 0.05) is 13.2 Å². The number of ether oxygens (including phenoxy) is 2. The molecule has 0 aromatic carbocycles. The van der Waals surface area contributed by atoms with Crippen molar-refractivity contribution in [2.45, 2.75) is 160 Å². The summed E-state index contributed by atoms with van der Waals surface area (Å²) >= 11 is 0. The van der Waals surface area contributed by atoms with Gasteiger partial charge in [-0.05, 0) is 12.8 Å². The van der Waals surface area contributed by atoms with Crippen molar-refractivity contribution in [2.24, 2.45) is 0 Å².